The van der Waals surface area contributed by atoms with Crippen molar-refractivity contribution >= 4 is 17.4 Å². The standard InChI is InChI=1S/C35H38N2O2/c1-3-5-11-26-30(18-17-27-32(26)33(37-34(27)39)23-19-21-36-22-20-23)35(31(38)16-6-4-2)28-14-9-7-12-24(28)25-13-8-10-15-29(25)35/h7-10,12-15,17-18,23,36H,3-6,11,16,19-22H2,1-2H3. The zero-order chi connectivity index (χ0) is 27.0. The molecule has 4 nitrogen and oxygen atoms in total. The molecule has 4 heteroatoms. The van der Waals surface area contributed by atoms with Gasteiger partial charge in [0.25, 0.3) is 5.91 Å². The molecule has 0 bridgehead atoms. The first kappa shape index (κ1) is 25.9. The van der Waals surface area contributed by atoms with Crippen molar-refractivity contribution in [2.75, 3.05) is 13.1 Å². The van der Waals surface area contributed by atoms with E-state index in [2.05, 4.69) is 78.8 Å². The van der Waals surface area contributed by atoms with Gasteiger partial charge in [0, 0.05) is 17.9 Å². The number of ketones is 1. The summed E-state index contributed by atoms with van der Waals surface area (Å²) in [7, 11) is 0. The Hall–Kier alpha value is -3.37. The Kier molecular flexibility index (Phi) is 7.07. The molecule has 0 atom stereocenters. The van der Waals surface area contributed by atoms with Gasteiger partial charge in [0.2, 0.25) is 0 Å². The Morgan fingerprint density at radius 3 is 2.13 bits per heavy atom. The van der Waals surface area contributed by atoms with E-state index < -0.39 is 5.41 Å². The van der Waals surface area contributed by atoms with Crippen LogP contribution in [-0.2, 0) is 16.6 Å². The zero-order valence-electron chi connectivity index (χ0n) is 23.2. The number of piperidine rings is 1. The van der Waals surface area contributed by atoms with Crippen LogP contribution < -0.4 is 5.32 Å². The lowest BCUT2D eigenvalue weighted by atomic mass is 9.65. The number of benzene rings is 3. The Labute approximate surface area is 232 Å². The molecule has 0 aromatic heterocycles. The first-order valence-electron chi connectivity index (χ1n) is 14.9. The maximum absolute atomic E-state index is 14.7. The Balaban J connectivity index is 1.66. The molecule has 3 aromatic carbocycles. The van der Waals surface area contributed by atoms with Crippen LogP contribution in [0.25, 0.3) is 11.1 Å². The largest absolute Gasteiger partial charge is 0.317 e. The molecule has 3 aromatic rings. The van der Waals surface area contributed by atoms with Gasteiger partial charge in [-0.25, -0.2) is 4.99 Å². The summed E-state index contributed by atoms with van der Waals surface area (Å²) in [5, 5.41) is 3.46. The second-order valence-corrected chi connectivity index (χ2v) is 11.3. The highest BCUT2D eigenvalue weighted by Crippen LogP contribution is 2.55. The van der Waals surface area contributed by atoms with Gasteiger partial charge in [-0.3, -0.25) is 9.59 Å². The molecule has 1 aliphatic carbocycles. The molecule has 0 saturated carbocycles. The second kappa shape index (κ2) is 10.7. The van der Waals surface area contributed by atoms with E-state index in [0.717, 1.165) is 103 Å². The van der Waals surface area contributed by atoms with Crippen LogP contribution in [0.1, 0.15) is 97.0 Å². The summed E-state index contributed by atoms with van der Waals surface area (Å²) in [5.41, 5.74) is 8.48. The molecule has 1 saturated heterocycles. The molecule has 3 aliphatic rings. The lowest BCUT2D eigenvalue weighted by Crippen LogP contribution is -2.38. The molecule has 6 rings (SSSR count). The van der Waals surface area contributed by atoms with E-state index in [4.69, 9.17) is 0 Å². The number of hydrogen-bond donors (Lipinski definition) is 1. The van der Waals surface area contributed by atoms with Gasteiger partial charge in [-0.1, -0.05) is 81.3 Å². The molecule has 0 radical (unpaired) electrons. The Bertz CT molecular complexity index is 1420. The van der Waals surface area contributed by atoms with E-state index in [1.165, 1.54) is 0 Å². The van der Waals surface area contributed by atoms with Crippen LogP contribution in [0.4, 0.5) is 0 Å². The predicted octanol–water partition coefficient (Wildman–Crippen LogP) is 7.05. The maximum Gasteiger partial charge on any atom is 0.277 e. The van der Waals surface area contributed by atoms with Crippen molar-refractivity contribution in [3.63, 3.8) is 0 Å². The van der Waals surface area contributed by atoms with Crippen LogP contribution in [0, 0.1) is 5.92 Å². The first-order valence-corrected chi connectivity index (χ1v) is 14.9. The van der Waals surface area contributed by atoms with E-state index in [1.54, 1.807) is 0 Å². The average molecular weight is 519 g/mol. The van der Waals surface area contributed by atoms with Gasteiger partial charge in [-0.15, -0.1) is 0 Å². The highest BCUT2D eigenvalue weighted by atomic mass is 16.1. The first-order chi connectivity index (χ1) is 19.1. The van der Waals surface area contributed by atoms with Crippen LogP contribution in [0.3, 0.4) is 0 Å². The molecule has 0 unspecified atom stereocenters. The fraction of sp³-hybridized carbons (Fsp3) is 0.400. The number of nitrogens with zero attached hydrogens (tertiary/aromatic N) is 1. The molecule has 39 heavy (non-hydrogen) atoms. The number of rotatable bonds is 9. The molecule has 0 spiro atoms. The number of aliphatic imine (C=N–C) groups is 1. The number of nitrogens with one attached hydrogen (secondary N) is 1. The average Bonchev–Trinajstić information content (AvgIpc) is 3.48. The molecular weight excluding hydrogens is 480 g/mol. The third-order valence-corrected chi connectivity index (χ3v) is 9.06. The van der Waals surface area contributed by atoms with Crippen molar-refractivity contribution in [1.29, 1.82) is 0 Å². The van der Waals surface area contributed by atoms with Gasteiger partial charge in [0.05, 0.1) is 11.3 Å². The Morgan fingerprint density at radius 2 is 1.49 bits per heavy atom. The van der Waals surface area contributed by atoms with E-state index in [9.17, 15) is 9.59 Å². The number of Topliss-reactive ketones (excluding diaryl/α,β-unsaturated/α-hetero) is 1. The SMILES string of the molecule is CCCCC(=O)C1(c2ccc3c(c2CCCC)C(C2CCNCC2)=NC3=O)c2ccccc2-c2ccccc21. The summed E-state index contributed by atoms with van der Waals surface area (Å²) in [6, 6.07) is 21.0. The van der Waals surface area contributed by atoms with Crippen molar-refractivity contribution in [2.45, 2.75) is 70.6 Å². The van der Waals surface area contributed by atoms with Crippen molar-refractivity contribution in [3.8, 4) is 11.1 Å². The summed E-state index contributed by atoms with van der Waals surface area (Å²) >= 11 is 0. The molecular formula is C35H38N2O2. The summed E-state index contributed by atoms with van der Waals surface area (Å²) in [4.78, 5) is 32.7. The van der Waals surface area contributed by atoms with Gasteiger partial charge < -0.3 is 5.32 Å². The van der Waals surface area contributed by atoms with Gasteiger partial charge in [-0.2, -0.15) is 0 Å². The lowest BCUT2D eigenvalue weighted by molar-refractivity contribution is -0.122. The van der Waals surface area contributed by atoms with Crippen molar-refractivity contribution in [3.05, 3.63) is 94.0 Å². The molecule has 1 amide bonds. The third-order valence-electron chi connectivity index (χ3n) is 9.06. The van der Waals surface area contributed by atoms with Gasteiger partial charge in [0.1, 0.15) is 5.41 Å². The summed E-state index contributed by atoms with van der Waals surface area (Å²) < 4.78 is 0. The van der Waals surface area contributed by atoms with Gasteiger partial charge >= 0.3 is 0 Å². The molecule has 1 N–H and O–H groups in total. The fourth-order valence-electron chi connectivity index (χ4n) is 7.20. The molecule has 200 valence electrons. The molecule has 2 heterocycles. The van der Waals surface area contributed by atoms with Crippen LogP contribution in [0.15, 0.2) is 65.7 Å². The minimum Gasteiger partial charge on any atom is -0.317 e. The third kappa shape index (κ3) is 4.03. The molecule has 1 fully saturated rings. The second-order valence-electron chi connectivity index (χ2n) is 11.3. The van der Waals surface area contributed by atoms with E-state index >= 15 is 0 Å². The maximum atomic E-state index is 14.7. The fourth-order valence-corrected chi connectivity index (χ4v) is 7.20. The van der Waals surface area contributed by atoms with Crippen LogP contribution in [0.5, 0.6) is 0 Å². The number of amides is 1. The van der Waals surface area contributed by atoms with E-state index in [-0.39, 0.29) is 17.6 Å². The van der Waals surface area contributed by atoms with Gasteiger partial charge in [-0.05, 0) is 84.6 Å². The number of hydrogen-bond acceptors (Lipinski definition) is 3. The van der Waals surface area contributed by atoms with E-state index in [1.807, 2.05) is 6.07 Å². The summed E-state index contributed by atoms with van der Waals surface area (Å²) in [6.45, 7) is 6.23. The zero-order valence-corrected chi connectivity index (χ0v) is 23.2. The van der Waals surface area contributed by atoms with Crippen molar-refractivity contribution in [1.82, 2.24) is 5.32 Å². The smallest absolute Gasteiger partial charge is 0.277 e. The van der Waals surface area contributed by atoms with Crippen molar-refractivity contribution in [2.24, 2.45) is 10.9 Å². The lowest BCUT2D eigenvalue weighted by Gasteiger charge is -2.35. The van der Waals surface area contributed by atoms with Crippen molar-refractivity contribution < 1.29 is 9.59 Å². The Morgan fingerprint density at radius 1 is 0.846 bits per heavy atom. The normalized spacial score (nSPS) is 17.5. The van der Waals surface area contributed by atoms with Crippen LogP contribution in [0.2, 0.25) is 0 Å². The minimum absolute atomic E-state index is 0.124. The predicted molar refractivity (Wildman–Crippen MR) is 158 cm³/mol. The topological polar surface area (TPSA) is 58.5 Å². The summed E-state index contributed by atoms with van der Waals surface area (Å²) in [6.07, 6.45) is 7.20. The number of carbonyl (C=O) groups excluding carboxylic acids is 2. The quantitative estimate of drug-likeness (QED) is 0.330. The highest BCUT2D eigenvalue weighted by molar-refractivity contribution is 6.23. The minimum atomic E-state index is -0.884. The van der Waals surface area contributed by atoms with Gasteiger partial charge in [0.15, 0.2) is 5.78 Å². The van der Waals surface area contributed by atoms with Crippen LogP contribution in [-0.4, -0.2) is 30.5 Å². The monoisotopic (exact) mass is 518 g/mol. The van der Waals surface area contributed by atoms with Crippen LogP contribution >= 0.6 is 0 Å². The number of fused-ring (bicyclic) bond motifs is 4. The number of carbonyl (C=O) groups is 2. The number of unbranched alkanes of at least 4 members (excludes halogenated alkanes) is 2. The highest BCUT2D eigenvalue weighted by Gasteiger charge is 2.51. The molecule has 2 aliphatic heterocycles. The van der Waals surface area contributed by atoms with E-state index in [0.29, 0.717) is 12.0 Å². The summed E-state index contributed by atoms with van der Waals surface area (Å²) in [5.74, 6) is 0.396.